The molecule has 0 radical (unpaired) electrons. The quantitative estimate of drug-likeness (QED) is 0.558. The summed E-state index contributed by atoms with van der Waals surface area (Å²) in [6, 6.07) is 14.1. The number of halogens is 1. The van der Waals surface area contributed by atoms with Gasteiger partial charge in [0, 0.05) is 28.6 Å². The molecule has 1 saturated heterocycles. The van der Waals surface area contributed by atoms with Gasteiger partial charge >= 0.3 is 5.63 Å². The molecule has 1 fully saturated rings. The average Bonchev–Trinajstić information content (AvgIpc) is 2.77. The summed E-state index contributed by atoms with van der Waals surface area (Å²) in [6.07, 6.45) is 0. The fourth-order valence-electron chi connectivity index (χ4n) is 4.13. The molecule has 3 N–H and O–H groups in total. The molecule has 0 bridgehead atoms. The van der Waals surface area contributed by atoms with Crippen molar-refractivity contribution < 1.29 is 28.5 Å². The monoisotopic (exact) mass is 414 g/mol. The largest absolute Gasteiger partial charge is 0.497 e. The van der Waals surface area contributed by atoms with Crippen LogP contribution in [0.3, 0.4) is 0 Å². The number of benzene rings is 2. The van der Waals surface area contributed by atoms with Crippen LogP contribution in [0, 0.1) is 5.82 Å². The number of hydrogen-bond acceptors (Lipinski definition) is 4. The highest BCUT2D eigenvalue weighted by molar-refractivity contribution is 5.81. The van der Waals surface area contributed by atoms with Gasteiger partial charge in [-0.2, -0.15) is 0 Å². The van der Waals surface area contributed by atoms with Gasteiger partial charge in [-0.25, -0.2) is 9.18 Å². The van der Waals surface area contributed by atoms with Crippen LogP contribution in [0.4, 0.5) is 4.39 Å². The maximum absolute atomic E-state index is 13.4. The molecule has 0 aliphatic carbocycles. The van der Waals surface area contributed by atoms with E-state index in [0.29, 0.717) is 17.9 Å². The van der Waals surface area contributed by atoms with Crippen LogP contribution in [0.2, 0.25) is 0 Å². The summed E-state index contributed by atoms with van der Waals surface area (Å²) in [5, 5.41) is 3.11. The van der Waals surface area contributed by atoms with E-state index in [-0.39, 0.29) is 17.5 Å². The zero-order valence-corrected chi connectivity index (χ0v) is 17.0. The lowest BCUT2D eigenvalue weighted by Crippen LogP contribution is -3.16. The van der Waals surface area contributed by atoms with Gasteiger partial charge in [-0.1, -0.05) is 0 Å². The molecule has 2 heterocycles. The first-order valence-electron chi connectivity index (χ1n) is 10.2. The molecule has 7 heteroatoms. The fourth-order valence-corrected chi connectivity index (χ4v) is 4.13. The first-order valence-corrected chi connectivity index (χ1v) is 10.2. The van der Waals surface area contributed by atoms with Gasteiger partial charge in [0.25, 0.3) is 0 Å². The molecule has 2 aromatic carbocycles. The van der Waals surface area contributed by atoms with Gasteiger partial charge in [-0.05, 0) is 36.4 Å². The van der Waals surface area contributed by atoms with Crippen molar-refractivity contribution in [3.63, 3.8) is 0 Å². The van der Waals surface area contributed by atoms with Crippen LogP contribution in [-0.4, -0.2) is 40.0 Å². The fraction of sp³-hybridized carbons (Fsp3) is 0.348. The predicted molar refractivity (Wildman–Crippen MR) is 110 cm³/mol. The third-order valence-corrected chi connectivity index (χ3v) is 5.70. The molecule has 6 nitrogen and oxygen atoms in total. The van der Waals surface area contributed by atoms with Crippen molar-refractivity contribution in [3.8, 4) is 5.75 Å². The summed E-state index contributed by atoms with van der Waals surface area (Å²) < 4.78 is 29.5. The van der Waals surface area contributed by atoms with Crippen LogP contribution in [0.15, 0.2) is 57.7 Å². The van der Waals surface area contributed by atoms with Gasteiger partial charge in [0.1, 0.15) is 43.3 Å². The summed E-state index contributed by atoms with van der Waals surface area (Å²) in [5.41, 5.74) is 2.21. The van der Waals surface area contributed by atoms with Crippen molar-refractivity contribution in [3.05, 3.63) is 75.9 Å². The summed E-state index contributed by atoms with van der Waals surface area (Å²) in [6.45, 7) is 4.79. The Balaban J connectivity index is 1.53. The highest BCUT2D eigenvalue weighted by Crippen LogP contribution is 2.22. The molecular formula is C23H27FN2O4+2. The molecule has 0 unspecified atom stereocenters. The first kappa shape index (κ1) is 20.5. The summed E-state index contributed by atoms with van der Waals surface area (Å²) in [5.74, 6) is 0.426. The van der Waals surface area contributed by atoms with E-state index < -0.39 is 0 Å². The average molecular weight is 414 g/mol. The first-order chi connectivity index (χ1) is 14.6. The highest BCUT2D eigenvalue weighted by atomic mass is 19.1. The Hall–Kier alpha value is -2.74. The topological polar surface area (TPSA) is 69.7 Å². The van der Waals surface area contributed by atoms with E-state index >= 15 is 0 Å². The third kappa shape index (κ3) is 4.70. The van der Waals surface area contributed by atoms with Crippen molar-refractivity contribution in [2.45, 2.75) is 12.6 Å². The SMILES string of the molecule is COc1ccc2c(C[NH2+]C[C@@H](c3ccc(F)cc3)[NH+]3CCOCC3)cc(=O)oc2c1. The molecule has 30 heavy (non-hydrogen) atoms. The van der Waals surface area contributed by atoms with E-state index in [2.05, 4.69) is 5.32 Å². The number of morpholine rings is 1. The van der Waals surface area contributed by atoms with E-state index in [1.54, 1.807) is 19.2 Å². The van der Waals surface area contributed by atoms with Crippen LogP contribution in [0.25, 0.3) is 11.0 Å². The molecule has 0 saturated carbocycles. The number of quaternary nitrogens is 2. The Morgan fingerprint density at radius 1 is 1.13 bits per heavy atom. The summed E-state index contributed by atoms with van der Waals surface area (Å²) in [4.78, 5) is 13.5. The minimum absolute atomic E-state index is 0.223. The van der Waals surface area contributed by atoms with E-state index in [0.717, 1.165) is 49.4 Å². The molecule has 4 rings (SSSR count). The lowest BCUT2D eigenvalue weighted by atomic mass is 10.0. The van der Waals surface area contributed by atoms with Crippen molar-refractivity contribution in [1.29, 1.82) is 0 Å². The lowest BCUT2D eigenvalue weighted by Gasteiger charge is -2.30. The molecule has 1 aromatic heterocycles. The van der Waals surface area contributed by atoms with E-state index in [4.69, 9.17) is 13.9 Å². The standard InChI is InChI=1S/C23H25FN2O4/c1-28-19-6-7-20-17(12-23(27)30-22(20)13-19)14-25-15-21(26-8-10-29-11-9-26)16-2-4-18(24)5-3-16/h2-7,12-13,21,25H,8-11,14-15H2,1H3/p+2/t21-/m0/s1. The highest BCUT2D eigenvalue weighted by Gasteiger charge is 2.28. The van der Waals surface area contributed by atoms with Gasteiger partial charge in [-0.15, -0.1) is 0 Å². The Kier molecular flexibility index (Phi) is 6.42. The van der Waals surface area contributed by atoms with E-state index in [9.17, 15) is 9.18 Å². The Morgan fingerprint density at radius 3 is 2.63 bits per heavy atom. The molecule has 0 amide bonds. The number of nitrogens with two attached hydrogens (primary N) is 1. The molecule has 158 valence electrons. The zero-order valence-electron chi connectivity index (χ0n) is 17.0. The summed E-state index contributed by atoms with van der Waals surface area (Å²) in [7, 11) is 1.58. The zero-order chi connectivity index (χ0) is 20.9. The Labute approximate surface area is 174 Å². The van der Waals surface area contributed by atoms with Gasteiger partial charge in [-0.3, -0.25) is 0 Å². The van der Waals surface area contributed by atoms with Crippen molar-refractivity contribution in [1.82, 2.24) is 0 Å². The number of rotatable bonds is 7. The predicted octanol–water partition coefficient (Wildman–Crippen LogP) is 0.661. The second kappa shape index (κ2) is 9.38. The number of methoxy groups -OCH3 is 1. The summed E-state index contributed by atoms with van der Waals surface area (Å²) >= 11 is 0. The minimum atomic E-state index is -0.368. The van der Waals surface area contributed by atoms with Crippen molar-refractivity contribution in [2.24, 2.45) is 0 Å². The Morgan fingerprint density at radius 2 is 1.90 bits per heavy atom. The van der Waals surface area contributed by atoms with Crippen LogP contribution >= 0.6 is 0 Å². The Bertz CT molecular complexity index is 1050. The number of nitrogens with one attached hydrogen (secondary N) is 1. The smallest absolute Gasteiger partial charge is 0.336 e. The van der Waals surface area contributed by atoms with E-state index in [1.165, 1.54) is 17.0 Å². The molecule has 1 aliphatic rings. The lowest BCUT2D eigenvalue weighted by molar-refractivity contribution is -0.952. The van der Waals surface area contributed by atoms with Crippen LogP contribution in [0.1, 0.15) is 17.2 Å². The van der Waals surface area contributed by atoms with Gasteiger partial charge in [0.05, 0.1) is 20.3 Å². The molecule has 1 atom stereocenters. The third-order valence-electron chi connectivity index (χ3n) is 5.70. The molecular weight excluding hydrogens is 387 g/mol. The van der Waals surface area contributed by atoms with Gasteiger partial charge in [0.15, 0.2) is 6.04 Å². The van der Waals surface area contributed by atoms with Crippen LogP contribution in [-0.2, 0) is 11.3 Å². The van der Waals surface area contributed by atoms with Crippen LogP contribution in [0.5, 0.6) is 5.75 Å². The van der Waals surface area contributed by atoms with Gasteiger partial charge < -0.3 is 24.1 Å². The number of ether oxygens (including phenoxy) is 2. The second-order valence-corrected chi connectivity index (χ2v) is 7.56. The van der Waals surface area contributed by atoms with E-state index in [1.807, 2.05) is 24.3 Å². The minimum Gasteiger partial charge on any atom is -0.497 e. The van der Waals surface area contributed by atoms with Crippen molar-refractivity contribution >= 4 is 11.0 Å². The normalized spacial score (nSPS) is 15.9. The van der Waals surface area contributed by atoms with Crippen molar-refractivity contribution in [2.75, 3.05) is 40.0 Å². The number of fused-ring (bicyclic) bond motifs is 1. The molecule has 3 aromatic rings. The second-order valence-electron chi connectivity index (χ2n) is 7.56. The van der Waals surface area contributed by atoms with Gasteiger partial charge in [0.2, 0.25) is 0 Å². The molecule has 1 aliphatic heterocycles. The maximum atomic E-state index is 13.4. The number of hydrogen-bond donors (Lipinski definition) is 2. The maximum Gasteiger partial charge on any atom is 0.336 e. The molecule has 0 spiro atoms. The van der Waals surface area contributed by atoms with Crippen LogP contribution < -0.4 is 20.6 Å².